The Morgan fingerprint density at radius 2 is 1.28 bits per heavy atom. The predicted octanol–water partition coefficient (Wildman–Crippen LogP) is 7.28. The van der Waals surface area contributed by atoms with Gasteiger partial charge in [0.25, 0.3) is 16.0 Å². The minimum absolute atomic E-state index is 0.136. The Bertz CT molecular complexity index is 3780. The van der Waals surface area contributed by atoms with E-state index in [1.807, 2.05) is 65.5 Å². The van der Waals surface area contributed by atoms with Gasteiger partial charge in [0.1, 0.15) is 17.2 Å². The Morgan fingerprint density at radius 3 is 1.81 bits per heavy atom. The van der Waals surface area contributed by atoms with Gasteiger partial charge >= 0.3 is 12.1 Å². The van der Waals surface area contributed by atoms with E-state index < -0.39 is 83.7 Å². The maximum atomic E-state index is 13.6. The first-order chi connectivity index (χ1) is 39.5. The van der Waals surface area contributed by atoms with Crippen molar-refractivity contribution in [3.8, 4) is 11.1 Å². The number of amides is 2. The second kappa shape index (κ2) is 25.9. The normalized spacial score (nSPS) is 13.0. The van der Waals surface area contributed by atoms with Crippen LogP contribution in [0.4, 0.5) is 10.7 Å². The number of aryl methyl sites for hydroxylation is 1. The highest BCUT2D eigenvalue weighted by molar-refractivity contribution is 7.89. The lowest BCUT2D eigenvalue weighted by atomic mass is 9.76. The van der Waals surface area contributed by atoms with Crippen LogP contribution in [0.2, 0.25) is 0 Å². The first-order valence-corrected chi connectivity index (χ1v) is 31.0. The zero-order valence-electron chi connectivity index (χ0n) is 46.2. The van der Waals surface area contributed by atoms with Crippen molar-refractivity contribution in [2.45, 2.75) is 73.7 Å². The van der Waals surface area contributed by atoms with Gasteiger partial charge in [-0.2, -0.15) is 18.2 Å². The Kier molecular flexibility index (Phi) is 19.0. The number of sulfonamides is 2. The molecule has 24 heteroatoms. The molecule has 2 heterocycles. The molecular formula is C59H65N9O12S3. The van der Waals surface area contributed by atoms with Gasteiger partial charge in [0.05, 0.1) is 34.4 Å². The van der Waals surface area contributed by atoms with Crippen molar-refractivity contribution >= 4 is 65.0 Å². The minimum Gasteiger partial charge on any atom is -0.468 e. The molecule has 0 saturated heterocycles. The number of hydrogen-bond acceptors (Lipinski definition) is 14. The number of ether oxygens (including phenoxy) is 2. The predicted molar refractivity (Wildman–Crippen MR) is 314 cm³/mol. The number of carbonyl (C=O) groups is 3. The maximum Gasteiger partial charge on any atom is 0.410 e. The quantitative estimate of drug-likeness (QED) is 0.0163. The molecule has 5 N–H and O–H groups in total. The van der Waals surface area contributed by atoms with Crippen LogP contribution in [0, 0.1) is 0 Å². The summed E-state index contributed by atoms with van der Waals surface area (Å²) in [5.74, 6) is -1.63. The van der Waals surface area contributed by atoms with E-state index in [1.54, 1.807) is 51.4 Å². The average molecular weight is 1190 g/mol. The zero-order valence-corrected chi connectivity index (χ0v) is 48.7. The van der Waals surface area contributed by atoms with E-state index >= 15 is 0 Å². The van der Waals surface area contributed by atoms with E-state index in [0.717, 1.165) is 34.2 Å². The number of nitrogens with one attached hydrogen (secondary N) is 4. The van der Waals surface area contributed by atoms with Crippen molar-refractivity contribution in [2.24, 2.45) is 0 Å². The van der Waals surface area contributed by atoms with E-state index in [4.69, 9.17) is 14.5 Å². The van der Waals surface area contributed by atoms with Gasteiger partial charge in [0, 0.05) is 62.1 Å². The Labute approximate surface area is 482 Å². The molecule has 83 heavy (non-hydrogen) atoms. The molecule has 2 atom stereocenters. The SMILES string of the molecule is COC(=O)[C@H](CNC(=O)c1ccc2c(cnn2CCCNc2nccn2C(c2ccccc2)(c2ccccc2)c2ccccc2)c1)NS(=O)(=O)c1ccc(-c2ccc(S(=O)(=O)NCCN(C(=O)OC(C)(C)C)[C@H](C)CS(=O)(=O)O)cc2)cc1. The molecule has 0 aliphatic carbocycles. The summed E-state index contributed by atoms with van der Waals surface area (Å²) in [7, 11) is -11.9. The lowest BCUT2D eigenvalue weighted by Crippen LogP contribution is -2.48. The number of methoxy groups -OCH3 is 1. The molecule has 2 aromatic heterocycles. The number of aromatic nitrogens is 4. The number of carbonyl (C=O) groups excluding carboxylic acids is 3. The Balaban J connectivity index is 0.857. The van der Waals surface area contributed by atoms with E-state index in [0.29, 0.717) is 42.0 Å². The second-order valence-corrected chi connectivity index (χ2v) is 25.5. The number of esters is 1. The van der Waals surface area contributed by atoms with Gasteiger partial charge in [0.2, 0.25) is 26.0 Å². The fraction of sp³-hybridized carbons (Fsp3) is 0.271. The van der Waals surface area contributed by atoms with Crippen molar-refractivity contribution in [3.05, 3.63) is 199 Å². The van der Waals surface area contributed by atoms with Crippen LogP contribution in [-0.4, -0.2) is 129 Å². The molecule has 2 amide bonds. The monoisotopic (exact) mass is 1190 g/mol. The number of fused-ring (bicyclic) bond motifs is 1. The number of benzene rings is 6. The minimum atomic E-state index is -4.48. The number of imidazole rings is 1. The molecule has 0 bridgehead atoms. The van der Waals surface area contributed by atoms with Crippen LogP contribution in [0.25, 0.3) is 22.0 Å². The van der Waals surface area contributed by atoms with Crippen molar-refractivity contribution in [2.75, 3.05) is 44.4 Å². The fourth-order valence-corrected chi connectivity index (χ4v) is 12.6. The molecule has 0 spiro atoms. The third kappa shape index (κ3) is 14.9. The zero-order chi connectivity index (χ0) is 59.6. The van der Waals surface area contributed by atoms with Gasteiger partial charge in [-0.25, -0.2) is 31.3 Å². The van der Waals surface area contributed by atoms with Crippen LogP contribution in [0.15, 0.2) is 186 Å². The molecular weight excluding hydrogens is 1120 g/mol. The molecule has 0 radical (unpaired) electrons. The maximum absolute atomic E-state index is 13.6. The topological polar surface area (TPSA) is 279 Å². The number of hydrogen-bond donors (Lipinski definition) is 5. The lowest BCUT2D eigenvalue weighted by Gasteiger charge is -2.38. The summed E-state index contributed by atoms with van der Waals surface area (Å²) in [6.07, 6.45) is 5.22. The van der Waals surface area contributed by atoms with Crippen LogP contribution in [0.5, 0.6) is 0 Å². The molecule has 0 unspecified atom stereocenters. The first-order valence-electron chi connectivity index (χ1n) is 26.4. The standard InChI is InChI=1S/C59H65N9O12S3/c1-42(41-81(72,73)74)66(57(71)80-58(2,3)4)36-34-64-82(75,76)50-27-22-43(23-28-50)44-24-29-51(30-25-44)83(77,78)65-52(55(70)79-5)40-62-54(69)45-26-31-53-46(38-45)39-63-68(53)35-15-32-60-56-61-33-37-67(56)59(47-16-9-6-10-17-47,48-18-11-7-12-19-48)49-20-13-8-14-21-49/h6-14,16-31,33,37-39,42,52,64-65H,15,32,34-36,40-41H2,1-5H3,(H,60,61)(H,62,69)(H,72,73,74)/t42-,52+/m1/s1. The molecule has 0 fully saturated rings. The summed E-state index contributed by atoms with van der Waals surface area (Å²) in [6.45, 7) is 6.25. The third-order valence-corrected chi connectivity index (χ3v) is 17.3. The molecule has 21 nitrogen and oxygen atoms in total. The summed E-state index contributed by atoms with van der Waals surface area (Å²) in [5.41, 5.74) is 3.62. The highest BCUT2D eigenvalue weighted by Gasteiger charge is 2.40. The van der Waals surface area contributed by atoms with Gasteiger partial charge in [-0.15, -0.1) is 0 Å². The Hall–Kier alpha value is -8.26. The van der Waals surface area contributed by atoms with Crippen LogP contribution in [-0.2, 0) is 56.5 Å². The molecule has 6 aromatic carbocycles. The highest BCUT2D eigenvalue weighted by Crippen LogP contribution is 2.42. The van der Waals surface area contributed by atoms with Gasteiger partial charge < -0.3 is 25.0 Å². The van der Waals surface area contributed by atoms with E-state index in [-0.39, 0.29) is 28.4 Å². The molecule has 8 aromatic rings. The van der Waals surface area contributed by atoms with E-state index in [2.05, 4.69) is 66.1 Å². The largest absolute Gasteiger partial charge is 0.468 e. The van der Waals surface area contributed by atoms with Crippen LogP contribution >= 0.6 is 0 Å². The fourth-order valence-electron chi connectivity index (χ4n) is 9.61. The van der Waals surface area contributed by atoms with Crippen molar-refractivity contribution in [3.63, 3.8) is 0 Å². The summed E-state index contributed by atoms with van der Waals surface area (Å²) < 4.78 is 105. The van der Waals surface area contributed by atoms with Crippen LogP contribution in [0.3, 0.4) is 0 Å². The summed E-state index contributed by atoms with van der Waals surface area (Å²) >= 11 is 0. The second-order valence-electron chi connectivity index (χ2n) is 20.5. The molecule has 0 saturated carbocycles. The lowest BCUT2D eigenvalue weighted by molar-refractivity contribution is -0.142. The van der Waals surface area contributed by atoms with E-state index in [1.165, 1.54) is 55.5 Å². The van der Waals surface area contributed by atoms with Gasteiger partial charge in [-0.1, -0.05) is 115 Å². The highest BCUT2D eigenvalue weighted by atomic mass is 32.2. The molecule has 0 aliphatic rings. The van der Waals surface area contributed by atoms with Crippen molar-refractivity contribution < 1.29 is 53.7 Å². The molecule has 0 aliphatic heterocycles. The molecule has 436 valence electrons. The summed E-state index contributed by atoms with van der Waals surface area (Å²) in [5, 5.41) is 11.5. The smallest absolute Gasteiger partial charge is 0.410 e. The van der Waals surface area contributed by atoms with Crippen LogP contribution < -0.4 is 20.1 Å². The van der Waals surface area contributed by atoms with Crippen LogP contribution in [0.1, 0.15) is 61.2 Å². The third-order valence-electron chi connectivity index (χ3n) is 13.5. The van der Waals surface area contributed by atoms with Gasteiger partial charge in [0.15, 0.2) is 0 Å². The Morgan fingerprint density at radius 1 is 0.723 bits per heavy atom. The summed E-state index contributed by atoms with van der Waals surface area (Å²) in [6, 6.07) is 44.8. The number of rotatable bonds is 25. The van der Waals surface area contributed by atoms with Gasteiger partial charge in [-0.05, 0) is 104 Å². The number of nitrogens with zero attached hydrogens (tertiary/aromatic N) is 5. The summed E-state index contributed by atoms with van der Waals surface area (Å²) in [4.78, 5) is 44.7. The first kappa shape index (κ1) is 60.8. The van der Waals surface area contributed by atoms with Crippen molar-refractivity contribution in [1.82, 2.24) is 39.0 Å². The van der Waals surface area contributed by atoms with E-state index in [9.17, 15) is 44.2 Å². The van der Waals surface area contributed by atoms with Gasteiger partial charge in [-0.3, -0.25) is 23.4 Å². The number of anilines is 1. The average Bonchev–Trinajstić information content (AvgIpc) is 2.49. The molecule has 8 rings (SSSR count). The van der Waals surface area contributed by atoms with Crippen molar-refractivity contribution in [1.29, 1.82) is 0 Å².